The van der Waals surface area contributed by atoms with E-state index in [-0.39, 0.29) is 23.7 Å². The van der Waals surface area contributed by atoms with Crippen molar-refractivity contribution >= 4 is 23.5 Å². The van der Waals surface area contributed by atoms with E-state index in [0.717, 1.165) is 24.1 Å². The van der Waals surface area contributed by atoms with Gasteiger partial charge in [-0.3, -0.25) is 9.79 Å². The SMILES string of the molecule is C=Cc1ccc(C2=NCC3CC(C4CC4)=CC(C(=O)N4CCc5ccccc5[C@H]4C)=CC3=N2)c(F)c1. The lowest BCUT2D eigenvalue weighted by Crippen LogP contribution is -2.39. The normalized spacial score (nSPS) is 23.3. The standard InChI is InChI=1S/C31H30FN3O/c1-3-20-8-11-27(28(32)14-20)30-33-18-25-16-23(21-9-10-21)15-24(17-29(25)34-30)31(36)35-13-12-22-6-4-5-7-26(22)19(35)2/h3-8,11,14-15,17,19,21,25H,1,9-10,12-13,16,18H2,2H3/t19-,25?/m1/s1. The molecule has 2 aliphatic carbocycles. The number of fused-ring (bicyclic) bond motifs is 2. The number of amides is 1. The fraction of sp³-hybridized carbons (Fsp3) is 0.323. The zero-order chi connectivity index (χ0) is 24.8. The number of amidine groups is 1. The van der Waals surface area contributed by atoms with E-state index in [2.05, 4.69) is 42.8 Å². The minimum Gasteiger partial charge on any atom is -0.332 e. The van der Waals surface area contributed by atoms with Crippen LogP contribution < -0.4 is 0 Å². The molecule has 2 aromatic carbocycles. The monoisotopic (exact) mass is 479 g/mol. The molecule has 1 unspecified atom stereocenters. The first-order chi connectivity index (χ1) is 17.5. The second-order valence-electron chi connectivity index (χ2n) is 10.3. The summed E-state index contributed by atoms with van der Waals surface area (Å²) >= 11 is 0. The van der Waals surface area contributed by atoms with Crippen molar-refractivity contribution in [3.8, 4) is 0 Å². The highest BCUT2D eigenvalue weighted by Gasteiger charge is 2.35. The van der Waals surface area contributed by atoms with Crippen LogP contribution in [0.3, 0.4) is 0 Å². The number of nitrogens with zero attached hydrogens (tertiary/aromatic N) is 3. The fourth-order valence-corrected chi connectivity index (χ4v) is 5.66. The van der Waals surface area contributed by atoms with Gasteiger partial charge in [0.1, 0.15) is 5.82 Å². The summed E-state index contributed by atoms with van der Waals surface area (Å²) in [5, 5.41) is 0. The Bertz CT molecular complexity index is 1380. The third-order valence-electron chi connectivity index (χ3n) is 7.92. The number of halogens is 1. The summed E-state index contributed by atoms with van der Waals surface area (Å²) in [5.41, 5.74) is 6.49. The summed E-state index contributed by atoms with van der Waals surface area (Å²) in [6, 6.07) is 13.4. The minimum absolute atomic E-state index is 0.0167. The Labute approximate surface area is 211 Å². The molecule has 1 saturated carbocycles. The van der Waals surface area contributed by atoms with E-state index in [9.17, 15) is 9.18 Å². The van der Waals surface area contributed by atoms with E-state index in [1.807, 2.05) is 23.1 Å². The summed E-state index contributed by atoms with van der Waals surface area (Å²) in [7, 11) is 0. The van der Waals surface area contributed by atoms with Crippen molar-refractivity contribution in [2.75, 3.05) is 13.1 Å². The summed E-state index contributed by atoms with van der Waals surface area (Å²) in [6.07, 6.45) is 9.75. The highest BCUT2D eigenvalue weighted by molar-refractivity contribution is 6.15. The molecule has 0 N–H and O–H groups in total. The van der Waals surface area contributed by atoms with E-state index >= 15 is 0 Å². The van der Waals surface area contributed by atoms with E-state index in [0.29, 0.717) is 36.0 Å². The van der Waals surface area contributed by atoms with Gasteiger partial charge in [-0.15, -0.1) is 0 Å². The van der Waals surface area contributed by atoms with Crippen molar-refractivity contribution in [2.45, 2.75) is 38.6 Å². The highest BCUT2D eigenvalue weighted by Crippen LogP contribution is 2.42. The first kappa shape index (κ1) is 22.8. The minimum atomic E-state index is -0.361. The molecule has 1 amide bonds. The molecule has 6 rings (SSSR count). The molecule has 1 fully saturated rings. The topological polar surface area (TPSA) is 45.0 Å². The van der Waals surface area contributed by atoms with Crippen LogP contribution in [-0.4, -0.2) is 35.4 Å². The largest absolute Gasteiger partial charge is 0.332 e. The lowest BCUT2D eigenvalue weighted by molar-refractivity contribution is -0.129. The van der Waals surface area contributed by atoms with Crippen LogP contribution in [0.1, 0.15) is 54.5 Å². The van der Waals surface area contributed by atoms with Crippen LogP contribution in [0.2, 0.25) is 0 Å². The zero-order valence-corrected chi connectivity index (χ0v) is 20.6. The molecule has 36 heavy (non-hydrogen) atoms. The molecule has 5 heteroatoms. The van der Waals surface area contributed by atoms with Crippen molar-refractivity contribution < 1.29 is 9.18 Å². The predicted octanol–water partition coefficient (Wildman–Crippen LogP) is 6.10. The number of hydrogen-bond acceptors (Lipinski definition) is 3. The van der Waals surface area contributed by atoms with Gasteiger partial charge in [0, 0.05) is 23.7 Å². The van der Waals surface area contributed by atoms with Gasteiger partial charge in [-0.05, 0) is 79.5 Å². The Hall–Kier alpha value is -3.60. The first-order valence-electron chi connectivity index (χ1n) is 12.9. The van der Waals surface area contributed by atoms with Gasteiger partial charge in [-0.2, -0.15) is 0 Å². The molecule has 0 bridgehead atoms. The fourth-order valence-electron chi connectivity index (χ4n) is 5.66. The average molecular weight is 480 g/mol. The van der Waals surface area contributed by atoms with Crippen LogP contribution in [0.25, 0.3) is 6.08 Å². The van der Waals surface area contributed by atoms with E-state index in [1.165, 1.54) is 35.6 Å². The van der Waals surface area contributed by atoms with Crippen molar-refractivity contribution in [2.24, 2.45) is 21.8 Å². The molecule has 182 valence electrons. The lowest BCUT2D eigenvalue weighted by atomic mass is 9.92. The maximum absolute atomic E-state index is 14.8. The Morgan fingerprint density at radius 1 is 1.14 bits per heavy atom. The van der Waals surface area contributed by atoms with E-state index in [1.54, 1.807) is 12.1 Å². The Kier molecular flexibility index (Phi) is 5.79. The summed E-state index contributed by atoms with van der Waals surface area (Å²) in [5.74, 6) is 0.743. The summed E-state index contributed by atoms with van der Waals surface area (Å²) < 4.78 is 14.8. The Balaban J connectivity index is 1.35. The number of allylic oxidation sites excluding steroid dienone is 2. The van der Waals surface area contributed by atoms with Gasteiger partial charge < -0.3 is 4.90 Å². The van der Waals surface area contributed by atoms with Gasteiger partial charge >= 0.3 is 0 Å². The van der Waals surface area contributed by atoms with Crippen LogP contribution in [0.15, 0.2) is 82.3 Å². The van der Waals surface area contributed by atoms with Gasteiger partial charge in [-0.25, -0.2) is 9.38 Å². The van der Waals surface area contributed by atoms with Gasteiger partial charge in [0.05, 0.1) is 18.2 Å². The van der Waals surface area contributed by atoms with E-state index < -0.39 is 0 Å². The Morgan fingerprint density at radius 2 is 1.97 bits per heavy atom. The molecule has 4 nitrogen and oxygen atoms in total. The first-order valence-corrected chi connectivity index (χ1v) is 12.9. The lowest BCUT2D eigenvalue weighted by Gasteiger charge is -2.35. The second kappa shape index (κ2) is 9.12. The molecule has 0 saturated heterocycles. The quantitative estimate of drug-likeness (QED) is 0.523. The molecule has 2 aromatic rings. The highest BCUT2D eigenvalue weighted by atomic mass is 19.1. The Morgan fingerprint density at radius 3 is 2.75 bits per heavy atom. The van der Waals surface area contributed by atoms with Crippen molar-refractivity contribution in [3.63, 3.8) is 0 Å². The molecule has 0 aromatic heterocycles. The number of carbonyl (C=O) groups excluding carboxylic acids is 1. The van der Waals surface area contributed by atoms with Crippen LogP contribution in [0, 0.1) is 17.7 Å². The van der Waals surface area contributed by atoms with Crippen LogP contribution >= 0.6 is 0 Å². The smallest absolute Gasteiger partial charge is 0.254 e. The molecule has 4 aliphatic rings. The van der Waals surface area contributed by atoms with Gasteiger partial charge in [0.2, 0.25) is 0 Å². The number of carbonyl (C=O) groups is 1. The van der Waals surface area contributed by atoms with Crippen molar-refractivity contribution in [1.29, 1.82) is 0 Å². The van der Waals surface area contributed by atoms with Gasteiger partial charge in [-0.1, -0.05) is 48.6 Å². The molecular weight excluding hydrogens is 449 g/mol. The number of benzene rings is 2. The van der Waals surface area contributed by atoms with Gasteiger partial charge in [0.25, 0.3) is 5.91 Å². The van der Waals surface area contributed by atoms with Gasteiger partial charge in [0.15, 0.2) is 5.84 Å². The summed E-state index contributed by atoms with van der Waals surface area (Å²) in [6.45, 7) is 7.07. The number of hydrogen-bond donors (Lipinski definition) is 0. The third-order valence-corrected chi connectivity index (χ3v) is 7.92. The molecule has 2 heterocycles. The van der Waals surface area contributed by atoms with E-state index in [4.69, 9.17) is 4.99 Å². The molecule has 0 spiro atoms. The predicted molar refractivity (Wildman–Crippen MR) is 143 cm³/mol. The molecular formula is C31H30FN3O. The van der Waals surface area contributed by atoms with Crippen LogP contribution in [-0.2, 0) is 11.2 Å². The second-order valence-corrected chi connectivity index (χ2v) is 10.3. The molecule has 0 radical (unpaired) electrons. The number of aliphatic imine (C=N–C) groups is 2. The molecule has 2 atom stereocenters. The number of rotatable bonds is 4. The average Bonchev–Trinajstić information content (AvgIpc) is 3.75. The molecule has 2 aliphatic heterocycles. The van der Waals surface area contributed by atoms with Crippen LogP contribution in [0.4, 0.5) is 4.39 Å². The van der Waals surface area contributed by atoms with Crippen molar-refractivity contribution in [3.05, 3.63) is 100 Å². The maximum atomic E-state index is 14.8. The zero-order valence-electron chi connectivity index (χ0n) is 20.6. The third kappa shape index (κ3) is 4.17. The summed E-state index contributed by atoms with van der Waals surface area (Å²) in [4.78, 5) is 25.4. The maximum Gasteiger partial charge on any atom is 0.254 e. The van der Waals surface area contributed by atoms with Crippen molar-refractivity contribution in [1.82, 2.24) is 4.90 Å². The van der Waals surface area contributed by atoms with Crippen LogP contribution in [0.5, 0.6) is 0 Å².